The van der Waals surface area contributed by atoms with Gasteiger partial charge in [-0.15, -0.1) is 11.3 Å². The summed E-state index contributed by atoms with van der Waals surface area (Å²) in [6.07, 6.45) is 0.161. The Balaban J connectivity index is 1.55. The number of Topliss-reactive ketones (excluding diaryl/α,β-unsaturated/α-hetero) is 2. The average molecular weight is 537 g/mol. The van der Waals surface area contributed by atoms with Gasteiger partial charge in [0.25, 0.3) is 0 Å². The number of carbonyl (C=O) groups excluding carboxylic acids is 3. The minimum atomic E-state index is -4.46. The van der Waals surface area contributed by atoms with Crippen molar-refractivity contribution in [2.45, 2.75) is 38.0 Å². The first-order valence-corrected chi connectivity index (χ1v) is 13.3. The molecule has 0 spiro atoms. The van der Waals surface area contributed by atoms with Crippen molar-refractivity contribution in [2.75, 3.05) is 18.8 Å². The van der Waals surface area contributed by atoms with Crippen LogP contribution in [0.1, 0.15) is 47.4 Å². The summed E-state index contributed by atoms with van der Waals surface area (Å²) in [5.74, 6) is -1.24. The Morgan fingerprint density at radius 3 is 2.78 bits per heavy atom. The van der Waals surface area contributed by atoms with Crippen molar-refractivity contribution in [3.8, 4) is 5.75 Å². The third-order valence-electron chi connectivity index (χ3n) is 5.97. The minimum Gasteiger partial charge on any atom is -0.535 e. The molecule has 2 aromatic rings. The first kappa shape index (κ1) is 26.0. The fourth-order valence-corrected chi connectivity index (χ4v) is 5.96. The van der Waals surface area contributed by atoms with E-state index < -0.39 is 41.0 Å². The summed E-state index contributed by atoms with van der Waals surface area (Å²) >= 11 is 1.03. The van der Waals surface area contributed by atoms with Gasteiger partial charge in [0.15, 0.2) is 16.7 Å². The molecule has 3 heterocycles. The molecule has 0 aliphatic carbocycles. The molecule has 1 unspecified atom stereocenters. The van der Waals surface area contributed by atoms with E-state index in [0.29, 0.717) is 15.4 Å². The molecular weight excluding hydrogens is 513 g/mol. The molecule has 1 saturated heterocycles. The standard InChI is InChI=1S/C20H24BN5O8S2/c1-11(27)14-5-2-4-12-8-13(21(30)34-18(12)14)9-16(28)17(15-10-35-19(22)23-15)24-20(29)25-6-3-7-26(31)36(25,32)33/h2,4-5,10,13,17,30-31H,3,6-9H2,1H3,(H2,22,23)(H,24,29)/t13-,17?/m1/s1. The number of para-hydroxylation sites is 1. The number of hydrogen-bond acceptors (Lipinski definition) is 11. The SMILES string of the molecule is CC(=O)c1cccc2c1OB(O)[C@@H](CC(=O)C(NC(=O)N1CCCN(O)S1(=O)=O)c1csc(N)n1)C2. The van der Waals surface area contributed by atoms with Crippen LogP contribution < -0.4 is 15.7 Å². The summed E-state index contributed by atoms with van der Waals surface area (Å²) in [6, 6.07) is 2.51. The number of carbonyl (C=O) groups is 3. The number of hydrogen-bond donors (Lipinski definition) is 4. The molecule has 13 nitrogen and oxygen atoms in total. The van der Waals surface area contributed by atoms with E-state index in [9.17, 15) is 33.0 Å². The molecule has 1 aromatic carbocycles. The molecule has 1 fully saturated rings. The Morgan fingerprint density at radius 2 is 2.11 bits per heavy atom. The van der Waals surface area contributed by atoms with Gasteiger partial charge in [0.2, 0.25) is 0 Å². The number of benzene rings is 1. The second-order valence-corrected chi connectivity index (χ2v) is 11.1. The second-order valence-electron chi connectivity index (χ2n) is 8.47. The van der Waals surface area contributed by atoms with Crippen molar-refractivity contribution in [1.82, 2.24) is 19.1 Å². The highest BCUT2D eigenvalue weighted by Gasteiger charge is 2.41. The number of thiazole rings is 1. The van der Waals surface area contributed by atoms with Crippen LogP contribution in [0.15, 0.2) is 23.6 Å². The van der Waals surface area contributed by atoms with Gasteiger partial charge in [-0.1, -0.05) is 16.6 Å². The zero-order chi connectivity index (χ0) is 26.2. The number of nitrogen functional groups attached to an aromatic ring is 1. The maximum atomic E-state index is 13.4. The third-order valence-corrected chi connectivity index (χ3v) is 8.28. The van der Waals surface area contributed by atoms with E-state index in [1.807, 2.05) is 0 Å². The summed E-state index contributed by atoms with van der Waals surface area (Å²) < 4.78 is 30.8. The summed E-state index contributed by atoms with van der Waals surface area (Å²) in [5, 5.41) is 24.2. The number of amides is 2. The number of nitrogens with one attached hydrogen (secondary N) is 1. The molecule has 0 bridgehead atoms. The first-order chi connectivity index (χ1) is 17.0. The number of nitrogens with zero attached hydrogens (tertiary/aromatic N) is 3. The highest BCUT2D eigenvalue weighted by Crippen LogP contribution is 2.37. The predicted molar refractivity (Wildman–Crippen MR) is 129 cm³/mol. The van der Waals surface area contributed by atoms with Crippen LogP contribution in [-0.4, -0.2) is 70.2 Å². The van der Waals surface area contributed by atoms with Gasteiger partial charge in [0.1, 0.15) is 11.8 Å². The third kappa shape index (κ3) is 5.08. The molecule has 0 radical (unpaired) electrons. The van der Waals surface area contributed by atoms with Crippen LogP contribution in [0.2, 0.25) is 5.82 Å². The first-order valence-electron chi connectivity index (χ1n) is 11.0. The van der Waals surface area contributed by atoms with Gasteiger partial charge < -0.3 is 20.7 Å². The highest BCUT2D eigenvalue weighted by atomic mass is 32.2. The number of urea groups is 1. The van der Waals surface area contributed by atoms with Gasteiger partial charge in [-0.2, -0.15) is 8.42 Å². The maximum Gasteiger partial charge on any atom is 0.526 e. The van der Waals surface area contributed by atoms with Gasteiger partial charge >= 0.3 is 23.4 Å². The van der Waals surface area contributed by atoms with Crippen LogP contribution >= 0.6 is 11.3 Å². The van der Waals surface area contributed by atoms with Gasteiger partial charge in [-0.25, -0.2) is 14.1 Å². The fourth-order valence-electron chi connectivity index (χ4n) is 4.16. The van der Waals surface area contributed by atoms with E-state index in [0.717, 1.165) is 11.3 Å². The lowest BCUT2D eigenvalue weighted by Crippen LogP contribution is -2.54. The zero-order valence-electron chi connectivity index (χ0n) is 19.2. The number of hydroxylamine groups is 1. The topological polar surface area (TPSA) is 192 Å². The van der Waals surface area contributed by atoms with E-state index in [1.54, 1.807) is 18.2 Å². The van der Waals surface area contributed by atoms with Crippen LogP contribution in [0.3, 0.4) is 0 Å². The molecule has 36 heavy (non-hydrogen) atoms. The summed E-state index contributed by atoms with van der Waals surface area (Å²) in [5.41, 5.74) is 6.77. The van der Waals surface area contributed by atoms with Crippen molar-refractivity contribution in [3.63, 3.8) is 0 Å². The lowest BCUT2D eigenvalue weighted by molar-refractivity contribution is -0.121. The fraction of sp³-hybridized carbons (Fsp3) is 0.400. The number of fused-ring (bicyclic) bond motifs is 1. The lowest BCUT2D eigenvalue weighted by Gasteiger charge is -2.32. The molecule has 2 aliphatic rings. The number of rotatable bonds is 6. The lowest BCUT2D eigenvalue weighted by atomic mass is 9.64. The number of nitrogens with two attached hydrogens (primary N) is 1. The molecule has 0 saturated carbocycles. The summed E-state index contributed by atoms with van der Waals surface area (Å²) in [6.45, 7) is 1.03. The normalized spacial score (nSPS) is 20.2. The van der Waals surface area contributed by atoms with Gasteiger partial charge in [-0.05, 0) is 31.4 Å². The van der Waals surface area contributed by atoms with Crippen LogP contribution in [0.25, 0.3) is 0 Å². The Labute approximate surface area is 211 Å². The van der Waals surface area contributed by atoms with Crippen LogP contribution in [0.4, 0.5) is 9.93 Å². The largest absolute Gasteiger partial charge is 0.535 e. The Hall–Kier alpha value is -3.05. The molecular formula is C20H24BN5O8S2. The van der Waals surface area contributed by atoms with Gasteiger partial charge in [0, 0.05) is 30.7 Å². The van der Waals surface area contributed by atoms with Gasteiger partial charge in [-0.3, -0.25) is 14.8 Å². The van der Waals surface area contributed by atoms with E-state index in [4.69, 9.17) is 10.4 Å². The molecule has 5 N–H and O–H groups in total. The molecule has 2 atom stereocenters. The minimum absolute atomic E-state index is 0.0657. The molecule has 2 aliphatic heterocycles. The molecule has 4 rings (SSSR count). The van der Waals surface area contributed by atoms with Gasteiger partial charge in [0.05, 0.1) is 11.3 Å². The van der Waals surface area contributed by atoms with Crippen LogP contribution in [0.5, 0.6) is 5.75 Å². The van der Waals surface area contributed by atoms with E-state index in [1.165, 1.54) is 12.3 Å². The second kappa shape index (κ2) is 10.1. The molecule has 2 amide bonds. The van der Waals surface area contributed by atoms with Crippen LogP contribution in [0, 0.1) is 0 Å². The average Bonchev–Trinajstić information content (AvgIpc) is 3.24. The monoisotopic (exact) mass is 537 g/mol. The number of ketones is 2. The summed E-state index contributed by atoms with van der Waals surface area (Å²) in [7, 11) is -5.86. The van der Waals surface area contributed by atoms with Crippen LogP contribution in [-0.2, 0) is 21.4 Å². The number of anilines is 1. The quantitative estimate of drug-likeness (QED) is 0.302. The van der Waals surface area contributed by atoms with Crippen molar-refractivity contribution in [3.05, 3.63) is 40.4 Å². The Morgan fingerprint density at radius 1 is 1.36 bits per heavy atom. The maximum absolute atomic E-state index is 13.4. The molecule has 16 heteroatoms. The summed E-state index contributed by atoms with van der Waals surface area (Å²) in [4.78, 5) is 42.2. The van der Waals surface area contributed by atoms with E-state index in [-0.39, 0.29) is 59.2 Å². The Bertz CT molecular complexity index is 1300. The molecule has 1 aromatic heterocycles. The van der Waals surface area contributed by atoms with Crippen molar-refractivity contribution < 1.29 is 37.7 Å². The van der Waals surface area contributed by atoms with E-state index in [2.05, 4.69) is 10.3 Å². The van der Waals surface area contributed by atoms with E-state index >= 15 is 0 Å². The van der Waals surface area contributed by atoms with Crippen molar-refractivity contribution in [2.24, 2.45) is 0 Å². The Kier molecular flexibility index (Phi) is 7.33. The molecule has 192 valence electrons. The van der Waals surface area contributed by atoms with Crippen molar-refractivity contribution >= 4 is 51.4 Å². The highest BCUT2D eigenvalue weighted by molar-refractivity contribution is 7.87. The number of aromatic nitrogens is 1. The zero-order valence-corrected chi connectivity index (χ0v) is 20.8. The predicted octanol–water partition coefficient (Wildman–Crippen LogP) is 0.765. The van der Waals surface area contributed by atoms with Crippen molar-refractivity contribution in [1.29, 1.82) is 0 Å². The smallest absolute Gasteiger partial charge is 0.526 e.